The van der Waals surface area contributed by atoms with Crippen molar-refractivity contribution in [2.75, 3.05) is 6.54 Å². The number of carbonyl (C=O) groups excluding carboxylic acids is 1. The van der Waals surface area contributed by atoms with E-state index in [1.807, 2.05) is 0 Å². The SMILES string of the molecule is CC12CCC(C1)C(C)(C)C2NC(=O)CCC1CCCCN1. The number of carbonyl (C=O) groups is 1. The van der Waals surface area contributed by atoms with E-state index < -0.39 is 0 Å². The van der Waals surface area contributed by atoms with Gasteiger partial charge in [0.2, 0.25) is 5.91 Å². The molecule has 0 spiro atoms. The van der Waals surface area contributed by atoms with Crippen molar-refractivity contribution in [2.24, 2.45) is 16.7 Å². The molecule has 2 aliphatic carbocycles. The monoisotopic (exact) mass is 292 g/mol. The zero-order valence-electron chi connectivity index (χ0n) is 14.0. The Morgan fingerprint density at radius 1 is 1.24 bits per heavy atom. The molecular weight excluding hydrogens is 260 g/mol. The van der Waals surface area contributed by atoms with Gasteiger partial charge in [-0.25, -0.2) is 0 Å². The first-order valence-corrected chi connectivity index (χ1v) is 8.94. The molecule has 2 bridgehead atoms. The molecule has 0 aromatic rings. The van der Waals surface area contributed by atoms with Crippen LogP contribution in [0.15, 0.2) is 0 Å². The highest BCUT2D eigenvalue weighted by atomic mass is 16.1. The van der Waals surface area contributed by atoms with E-state index in [1.165, 1.54) is 38.5 Å². The summed E-state index contributed by atoms with van der Waals surface area (Å²) in [4.78, 5) is 12.4. The predicted molar refractivity (Wildman–Crippen MR) is 86.0 cm³/mol. The number of rotatable bonds is 4. The summed E-state index contributed by atoms with van der Waals surface area (Å²) in [5, 5.41) is 6.95. The molecule has 2 N–H and O–H groups in total. The second-order valence-electron chi connectivity index (χ2n) is 8.60. The van der Waals surface area contributed by atoms with Gasteiger partial charge in [-0.3, -0.25) is 4.79 Å². The molecule has 0 aromatic carbocycles. The molecule has 4 atom stereocenters. The molecule has 1 heterocycles. The first-order chi connectivity index (χ1) is 9.92. The lowest BCUT2D eigenvalue weighted by molar-refractivity contribution is -0.124. The highest BCUT2D eigenvalue weighted by Gasteiger charge is 2.59. The van der Waals surface area contributed by atoms with E-state index in [4.69, 9.17) is 0 Å². The van der Waals surface area contributed by atoms with Crippen molar-refractivity contribution in [2.45, 2.75) is 84.2 Å². The summed E-state index contributed by atoms with van der Waals surface area (Å²) in [5.41, 5.74) is 0.610. The summed E-state index contributed by atoms with van der Waals surface area (Å²) in [6.45, 7) is 8.22. The third-order valence-corrected chi connectivity index (χ3v) is 6.71. The molecule has 21 heavy (non-hydrogen) atoms. The summed E-state index contributed by atoms with van der Waals surface area (Å²) < 4.78 is 0. The Morgan fingerprint density at radius 3 is 2.67 bits per heavy atom. The van der Waals surface area contributed by atoms with Crippen LogP contribution in [0.5, 0.6) is 0 Å². The van der Waals surface area contributed by atoms with Gasteiger partial charge in [0, 0.05) is 18.5 Å². The predicted octanol–water partition coefficient (Wildman–Crippen LogP) is 3.24. The Morgan fingerprint density at radius 2 is 2.05 bits per heavy atom. The molecule has 2 saturated carbocycles. The summed E-state index contributed by atoms with van der Waals surface area (Å²) in [6, 6.07) is 0.934. The summed E-state index contributed by atoms with van der Waals surface area (Å²) in [7, 11) is 0. The molecule has 120 valence electrons. The standard InChI is InChI=1S/C18H32N2O/c1-17(2)13-9-10-18(3,12-13)16(17)20-15(21)8-7-14-6-4-5-11-19-14/h13-14,16,19H,4-12H2,1-3H3,(H,20,21). The van der Waals surface area contributed by atoms with Crippen LogP contribution in [0.2, 0.25) is 0 Å². The van der Waals surface area contributed by atoms with Gasteiger partial charge in [0.05, 0.1) is 0 Å². The van der Waals surface area contributed by atoms with Crippen molar-refractivity contribution in [3.8, 4) is 0 Å². The van der Waals surface area contributed by atoms with Gasteiger partial charge in [-0.05, 0) is 61.8 Å². The molecule has 3 rings (SSSR count). The van der Waals surface area contributed by atoms with Crippen LogP contribution in [0, 0.1) is 16.7 Å². The van der Waals surface area contributed by atoms with Crippen LogP contribution >= 0.6 is 0 Å². The summed E-state index contributed by atoms with van der Waals surface area (Å²) in [5.74, 6) is 1.07. The van der Waals surface area contributed by atoms with Crippen molar-refractivity contribution in [3.05, 3.63) is 0 Å². The average Bonchev–Trinajstić information content (AvgIpc) is 2.94. The minimum absolute atomic E-state index is 0.270. The van der Waals surface area contributed by atoms with E-state index in [0.29, 0.717) is 23.9 Å². The smallest absolute Gasteiger partial charge is 0.220 e. The molecule has 3 heteroatoms. The fourth-order valence-electron chi connectivity index (χ4n) is 5.37. The number of hydrogen-bond donors (Lipinski definition) is 2. The van der Waals surface area contributed by atoms with Gasteiger partial charge in [0.15, 0.2) is 0 Å². The van der Waals surface area contributed by atoms with Gasteiger partial charge < -0.3 is 10.6 Å². The highest BCUT2D eigenvalue weighted by Crippen LogP contribution is 2.62. The molecule has 1 amide bonds. The van der Waals surface area contributed by atoms with E-state index >= 15 is 0 Å². The average molecular weight is 292 g/mol. The van der Waals surface area contributed by atoms with Crippen molar-refractivity contribution < 1.29 is 4.79 Å². The van der Waals surface area contributed by atoms with Gasteiger partial charge in [-0.2, -0.15) is 0 Å². The van der Waals surface area contributed by atoms with Crippen molar-refractivity contribution >= 4 is 5.91 Å². The van der Waals surface area contributed by atoms with Crippen molar-refractivity contribution in [1.29, 1.82) is 0 Å². The van der Waals surface area contributed by atoms with Crippen LogP contribution in [-0.2, 0) is 4.79 Å². The molecule has 1 aliphatic heterocycles. The number of hydrogen-bond acceptors (Lipinski definition) is 2. The van der Waals surface area contributed by atoms with Gasteiger partial charge in [0.1, 0.15) is 0 Å². The highest BCUT2D eigenvalue weighted by molar-refractivity contribution is 5.76. The zero-order chi connectivity index (χ0) is 15.1. The van der Waals surface area contributed by atoms with E-state index in [9.17, 15) is 4.79 Å². The Balaban J connectivity index is 1.52. The lowest BCUT2D eigenvalue weighted by Crippen LogP contribution is -2.52. The van der Waals surface area contributed by atoms with Crippen molar-refractivity contribution in [1.82, 2.24) is 10.6 Å². The Kier molecular flexibility index (Phi) is 4.06. The normalized spacial score (nSPS) is 41.2. The van der Waals surface area contributed by atoms with Gasteiger partial charge in [0.25, 0.3) is 0 Å². The van der Waals surface area contributed by atoms with Crippen molar-refractivity contribution in [3.63, 3.8) is 0 Å². The van der Waals surface area contributed by atoms with Gasteiger partial charge in [-0.1, -0.05) is 27.2 Å². The maximum atomic E-state index is 12.4. The largest absolute Gasteiger partial charge is 0.352 e. The Hall–Kier alpha value is -0.570. The topological polar surface area (TPSA) is 41.1 Å². The molecule has 0 aromatic heterocycles. The lowest BCUT2D eigenvalue weighted by Gasteiger charge is -2.43. The van der Waals surface area contributed by atoms with Crippen LogP contribution in [0.4, 0.5) is 0 Å². The molecule has 3 aliphatic rings. The third-order valence-electron chi connectivity index (χ3n) is 6.71. The fourth-order valence-corrected chi connectivity index (χ4v) is 5.37. The van der Waals surface area contributed by atoms with Gasteiger partial charge >= 0.3 is 0 Å². The molecule has 1 saturated heterocycles. The lowest BCUT2D eigenvalue weighted by atomic mass is 9.68. The van der Waals surface area contributed by atoms with Crippen LogP contribution in [0.1, 0.15) is 72.1 Å². The summed E-state index contributed by atoms with van der Waals surface area (Å²) in [6.07, 6.45) is 9.47. The van der Waals surface area contributed by atoms with Gasteiger partial charge in [-0.15, -0.1) is 0 Å². The number of nitrogens with one attached hydrogen (secondary N) is 2. The van der Waals surface area contributed by atoms with Crippen LogP contribution in [-0.4, -0.2) is 24.5 Å². The second kappa shape index (κ2) is 5.57. The first kappa shape index (κ1) is 15.3. The molecule has 0 radical (unpaired) electrons. The Bertz CT molecular complexity index is 395. The number of amides is 1. The fraction of sp³-hybridized carbons (Fsp3) is 0.944. The molecular formula is C18H32N2O. The van der Waals surface area contributed by atoms with E-state index in [2.05, 4.69) is 31.4 Å². The minimum atomic E-state index is 0.270. The van der Waals surface area contributed by atoms with Crippen LogP contribution in [0.3, 0.4) is 0 Å². The maximum absolute atomic E-state index is 12.4. The van der Waals surface area contributed by atoms with Crippen LogP contribution in [0.25, 0.3) is 0 Å². The molecule has 3 fully saturated rings. The maximum Gasteiger partial charge on any atom is 0.220 e. The van der Waals surface area contributed by atoms with E-state index in [0.717, 1.165) is 18.9 Å². The van der Waals surface area contributed by atoms with E-state index in [-0.39, 0.29) is 11.3 Å². The number of piperidine rings is 1. The zero-order valence-corrected chi connectivity index (χ0v) is 14.0. The third kappa shape index (κ3) is 2.86. The Labute approximate surface area is 129 Å². The summed E-state index contributed by atoms with van der Waals surface area (Å²) >= 11 is 0. The minimum Gasteiger partial charge on any atom is -0.352 e. The molecule has 3 nitrogen and oxygen atoms in total. The molecule has 4 unspecified atom stereocenters. The number of fused-ring (bicyclic) bond motifs is 2. The quantitative estimate of drug-likeness (QED) is 0.835. The first-order valence-electron chi connectivity index (χ1n) is 8.94. The second-order valence-corrected chi connectivity index (χ2v) is 8.60. The van der Waals surface area contributed by atoms with Crippen LogP contribution < -0.4 is 10.6 Å². The van der Waals surface area contributed by atoms with E-state index in [1.54, 1.807) is 0 Å².